The average molecular weight is 362 g/mol. The number of aliphatic hydroxyl groups is 1. The van der Waals surface area contributed by atoms with E-state index in [1.54, 1.807) is 12.1 Å². The maximum absolute atomic E-state index is 11.8. The van der Waals surface area contributed by atoms with Gasteiger partial charge in [0, 0.05) is 26.2 Å². The smallest absolute Gasteiger partial charge is 0.240 e. The summed E-state index contributed by atoms with van der Waals surface area (Å²) in [5.41, 5.74) is 2.25. The molecule has 0 aliphatic carbocycles. The van der Waals surface area contributed by atoms with Crippen LogP contribution in [0.25, 0.3) is 0 Å². The fourth-order valence-electron chi connectivity index (χ4n) is 2.68. The number of rotatable bonds is 9. The van der Waals surface area contributed by atoms with Crippen LogP contribution in [0.2, 0.25) is 0 Å². The molecule has 2 rings (SSSR count). The van der Waals surface area contributed by atoms with E-state index in [4.69, 9.17) is 0 Å². The summed E-state index contributed by atoms with van der Waals surface area (Å²) < 4.78 is 25.9. The Morgan fingerprint density at radius 2 is 1.56 bits per heavy atom. The van der Waals surface area contributed by atoms with E-state index in [1.165, 1.54) is 12.6 Å². The maximum atomic E-state index is 11.8. The van der Waals surface area contributed by atoms with Crippen molar-refractivity contribution in [2.45, 2.75) is 24.9 Å². The second-order valence-electron chi connectivity index (χ2n) is 6.29. The van der Waals surface area contributed by atoms with E-state index < -0.39 is 10.0 Å². The van der Waals surface area contributed by atoms with Crippen molar-refractivity contribution in [2.24, 2.45) is 5.92 Å². The molecule has 2 N–H and O–H groups in total. The van der Waals surface area contributed by atoms with E-state index in [2.05, 4.69) is 21.8 Å². The Bertz CT molecular complexity index is 746. The van der Waals surface area contributed by atoms with Crippen LogP contribution in [-0.2, 0) is 23.1 Å². The minimum Gasteiger partial charge on any atom is -0.396 e. The molecule has 0 saturated heterocycles. The Hall–Kier alpha value is -1.73. The molecule has 0 spiro atoms. The van der Waals surface area contributed by atoms with E-state index in [0.717, 1.165) is 18.7 Å². The van der Waals surface area contributed by atoms with Crippen molar-refractivity contribution in [3.63, 3.8) is 0 Å². The van der Waals surface area contributed by atoms with Gasteiger partial charge in [0.2, 0.25) is 10.0 Å². The van der Waals surface area contributed by atoms with Gasteiger partial charge in [0.25, 0.3) is 0 Å². The SMILES string of the molecule is CNS(=O)(=O)c1ccc(CN(Cc2ccccc2)CC(C)CO)cc1. The quantitative estimate of drug-likeness (QED) is 0.718. The molecule has 2 aromatic rings. The molecule has 6 heteroatoms. The highest BCUT2D eigenvalue weighted by molar-refractivity contribution is 7.89. The lowest BCUT2D eigenvalue weighted by Gasteiger charge is -2.25. The van der Waals surface area contributed by atoms with E-state index in [9.17, 15) is 13.5 Å². The van der Waals surface area contributed by atoms with Gasteiger partial charge in [0.15, 0.2) is 0 Å². The Kier molecular flexibility index (Phi) is 7.13. The van der Waals surface area contributed by atoms with Crippen LogP contribution in [0.4, 0.5) is 0 Å². The molecule has 2 aromatic carbocycles. The van der Waals surface area contributed by atoms with Crippen molar-refractivity contribution < 1.29 is 13.5 Å². The first-order chi connectivity index (χ1) is 11.9. The molecule has 0 aliphatic heterocycles. The Balaban J connectivity index is 2.12. The third-order valence-corrected chi connectivity index (χ3v) is 5.47. The summed E-state index contributed by atoms with van der Waals surface area (Å²) in [4.78, 5) is 2.52. The first kappa shape index (κ1) is 19.6. The van der Waals surface area contributed by atoms with Gasteiger partial charge in [-0.3, -0.25) is 4.90 Å². The third-order valence-electron chi connectivity index (χ3n) is 4.04. The van der Waals surface area contributed by atoms with Crippen molar-refractivity contribution in [1.29, 1.82) is 0 Å². The molecule has 0 amide bonds. The number of nitrogens with zero attached hydrogens (tertiary/aromatic N) is 1. The summed E-state index contributed by atoms with van der Waals surface area (Å²) >= 11 is 0. The maximum Gasteiger partial charge on any atom is 0.240 e. The number of sulfonamides is 1. The summed E-state index contributed by atoms with van der Waals surface area (Å²) in [7, 11) is -2.01. The summed E-state index contributed by atoms with van der Waals surface area (Å²) in [5.74, 6) is 0.174. The topological polar surface area (TPSA) is 69.6 Å². The van der Waals surface area contributed by atoms with Crippen molar-refractivity contribution in [3.8, 4) is 0 Å². The monoisotopic (exact) mass is 362 g/mol. The molecule has 0 radical (unpaired) electrons. The van der Waals surface area contributed by atoms with Crippen molar-refractivity contribution in [1.82, 2.24) is 9.62 Å². The fourth-order valence-corrected chi connectivity index (χ4v) is 3.41. The molecule has 0 bridgehead atoms. The lowest BCUT2D eigenvalue weighted by molar-refractivity contribution is 0.163. The number of hydrogen-bond donors (Lipinski definition) is 2. The minimum atomic E-state index is -3.41. The summed E-state index contributed by atoms with van der Waals surface area (Å²) in [6, 6.07) is 17.1. The fraction of sp³-hybridized carbons (Fsp3) is 0.368. The van der Waals surface area contributed by atoms with Crippen molar-refractivity contribution in [3.05, 3.63) is 65.7 Å². The second kappa shape index (κ2) is 9.10. The Morgan fingerprint density at radius 1 is 1.00 bits per heavy atom. The highest BCUT2D eigenvalue weighted by atomic mass is 32.2. The minimum absolute atomic E-state index is 0.143. The lowest BCUT2D eigenvalue weighted by Crippen LogP contribution is -2.29. The largest absolute Gasteiger partial charge is 0.396 e. The van der Waals surface area contributed by atoms with E-state index in [0.29, 0.717) is 6.54 Å². The second-order valence-corrected chi connectivity index (χ2v) is 8.18. The average Bonchev–Trinajstić information content (AvgIpc) is 2.63. The zero-order valence-electron chi connectivity index (χ0n) is 14.7. The standard InChI is InChI=1S/C19H26N2O3S/c1-16(15-22)12-21(13-17-6-4-3-5-7-17)14-18-8-10-19(11-9-18)25(23,24)20-2/h3-11,16,20,22H,12-15H2,1-2H3. The third kappa shape index (κ3) is 5.93. The van der Waals surface area contributed by atoms with Gasteiger partial charge in [0.1, 0.15) is 0 Å². The predicted molar refractivity (Wildman–Crippen MR) is 99.5 cm³/mol. The van der Waals surface area contributed by atoms with E-state index in [-0.39, 0.29) is 17.4 Å². The zero-order valence-corrected chi connectivity index (χ0v) is 15.5. The van der Waals surface area contributed by atoms with Gasteiger partial charge in [-0.05, 0) is 36.2 Å². The van der Waals surface area contributed by atoms with Crippen LogP contribution in [0, 0.1) is 5.92 Å². The molecule has 5 nitrogen and oxygen atoms in total. The highest BCUT2D eigenvalue weighted by Gasteiger charge is 2.13. The molecule has 25 heavy (non-hydrogen) atoms. The van der Waals surface area contributed by atoms with Crippen LogP contribution < -0.4 is 4.72 Å². The van der Waals surface area contributed by atoms with Crippen LogP contribution in [0.3, 0.4) is 0 Å². The van der Waals surface area contributed by atoms with Crippen LogP contribution in [-0.4, -0.2) is 38.6 Å². The molecular weight excluding hydrogens is 336 g/mol. The molecule has 0 aliphatic rings. The number of aliphatic hydroxyl groups excluding tert-OH is 1. The predicted octanol–water partition coefficient (Wildman–Crippen LogP) is 2.23. The summed E-state index contributed by atoms with van der Waals surface area (Å²) in [5, 5.41) is 9.37. The molecular formula is C19H26N2O3S. The van der Waals surface area contributed by atoms with Gasteiger partial charge in [0.05, 0.1) is 4.90 Å². The van der Waals surface area contributed by atoms with E-state index in [1.807, 2.05) is 37.3 Å². The molecule has 1 unspecified atom stereocenters. The molecule has 0 aromatic heterocycles. The van der Waals surface area contributed by atoms with Gasteiger partial charge in [-0.15, -0.1) is 0 Å². The summed E-state index contributed by atoms with van der Waals surface area (Å²) in [6.45, 7) is 4.40. The molecule has 136 valence electrons. The van der Waals surface area contributed by atoms with Crippen LogP contribution in [0.1, 0.15) is 18.1 Å². The number of nitrogens with one attached hydrogen (secondary N) is 1. The zero-order chi connectivity index (χ0) is 18.3. The van der Waals surface area contributed by atoms with Crippen LogP contribution in [0.15, 0.2) is 59.5 Å². The van der Waals surface area contributed by atoms with Gasteiger partial charge in [-0.2, -0.15) is 0 Å². The van der Waals surface area contributed by atoms with Gasteiger partial charge in [-0.25, -0.2) is 13.1 Å². The number of hydrogen-bond acceptors (Lipinski definition) is 4. The molecule has 1 atom stereocenters. The Labute approximate surface area is 150 Å². The lowest BCUT2D eigenvalue weighted by atomic mass is 10.1. The van der Waals surface area contributed by atoms with Crippen LogP contribution >= 0.6 is 0 Å². The van der Waals surface area contributed by atoms with Crippen molar-refractivity contribution >= 4 is 10.0 Å². The molecule has 0 fully saturated rings. The Morgan fingerprint density at radius 3 is 2.08 bits per heavy atom. The molecule has 0 heterocycles. The van der Waals surface area contributed by atoms with Gasteiger partial charge < -0.3 is 5.11 Å². The first-order valence-corrected chi connectivity index (χ1v) is 9.82. The first-order valence-electron chi connectivity index (χ1n) is 8.34. The molecule has 0 saturated carbocycles. The van der Waals surface area contributed by atoms with Gasteiger partial charge in [-0.1, -0.05) is 49.4 Å². The van der Waals surface area contributed by atoms with Gasteiger partial charge >= 0.3 is 0 Å². The van der Waals surface area contributed by atoms with Crippen molar-refractivity contribution in [2.75, 3.05) is 20.2 Å². The number of benzene rings is 2. The van der Waals surface area contributed by atoms with Crippen LogP contribution in [0.5, 0.6) is 0 Å². The summed E-state index contributed by atoms with van der Waals surface area (Å²) in [6.07, 6.45) is 0. The van der Waals surface area contributed by atoms with E-state index >= 15 is 0 Å². The highest BCUT2D eigenvalue weighted by Crippen LogP contribution is 2.15. The normalized spacial score (nSPS) is 13.1.